The summed E-state index contributed by atoms with van der Waals surface area (Å²) in [6, 6.07) is 12.8. The predicted molar refractivity (Wildman–Crippen MR) is 59.1 cm³/mol. The highest BCUT2D eigenvalue weighted by molar-refractivity contribution is 5.74. The Morgan fingerprint density at radius 3 is 2.60 bits per heavy atom. The van der Waals surface area contributed by atoms with Crippen LogP contribution >= 0.6 is 0 Å². The van der Waals surface area contributed by atoms with E-state index in [1.807, 2.05) is 0 Å². The number of unbranched alkanes of at least 4 members (excludes halogenated alkanes) is 1. The van der Waals surface area contributed by atoms with Gasteiger partial charge in [-0.25, -0.2) is 0 Å². The molecule has 0 aliphatic carbocycles. The molecule has 0 atom stereocenters. The van der Waals surface area contributed by atoms with Gasteiger partial charge >= 0.3 is 0 Å². The van der Waals surface area contributed by atoms with Crippen molar-refractivity contribution in [1.29, 1.82) is 0 Å². The number of hydrogen-bond acceptors (Lipinski definition) is 0. The lowest BCUT2D eigenvalue weighted by Crippen LogP contribution is -3.00. The molecule has 0 bridgehead atoms. The summed E-state index contributed by atoms with van der Waals surface area (Å²) in [7, 11) is 0. The molecule has 0 amide bonds. The standard InChI is InChI=1S/C13H16N.HI/c1-2-3-10-14-11-6-8-12-7-4-5-9-13(12)14;/h4-9,11H,2-3,10H2,1H3;1H/q+1;/p-1. The normalized spacial score (nSPS) is 9.93. The molecule has 0 saturated carbocycles. The Hall–Kier alpha value is -0.640. The number of hydrogen-bond donors (Lipinski definition) is 0. The van der Waals surface area contributed by atoms with Gasteiger partial charge in [0, 0.05) is 23.9 Å². The zero-order valence-corrected chi connectivity index (χ0v) is 11.1. The Morgan fingerprint density at radius 2 is 1.80 bits per heavy atom. The van der Waals surface area contributed by atoms with Crippen molar-refractivity contribution in [1.82, 2.24) is 0 Å². The second-order valence-electron chi connectivity index (χ2n) is 3.61. The highest BCUT2D eigenvalue weighted by Gasteiger charge is 2.05. The van der Waals surface area contributed by atoms with Crippen molar-refractivity contribution in [3.8, 4) is 0 Å². The fourth-order valence-electron chi connectivity index (χ4n) is 1.74. The van der Waals surface area contributed by atoms with E-state index in [1.165, 1.54) is 23.7 Å². The molecule has 0 unspecified atom stereocenters. The molecule has 0 radical (unpaired) electrons. The smallest absolute Gasteiger partial charge is 0.212 e. The zero-order chi connectivity index (χ0) is 9.80. The molecule has 0 fully saturated rings. The molecule has 2 heteroatoms. The predicted octanol–water partition coefficient (Wildman–Crippen LogP) is -0.0686. The van der Waals surface area contributed by atoms with Crippen molar-refractivity contribution in [3.63, 3.8) is 0 Å². The number of aromatic nitrogens is 1. The minimum Gasteiger partial charge on any atom is -1.00 e. The first kappa shape index (κ1) is 12.4. The number of fused-ring (bicyclic) bond motifs is 1. The molecule has 0 aliphatic heterocycles. The van der Waals surface area contributed by atoms with E-state index in [0.717, 1.165) is 6.54 Å². The molecule has 0 saturated heterocycles. The number of halogens is 1. The number of aryl methyl sites for hydroxylation is 1. The van der Waals surface area contributed by atoms with E-state index in [1.54, 1.807) is 0 Å². The van der Waals surface area contributed by atoms with Gasteiger partial charge in [-0.15, -0.1) is 0 Å². The maximum Gasteiger partial charge on any atom is 0.212 e. The Balaban J connectivity index is 0.00000112. The zero-order valence-electron chi connectivity index (χ0n) is 8.99. The Morgan fingerprint density at radius 1 is 1.07 bits per heavy atom. The van der Waals surface area contributed by atoms with Gasteiger partial charge in [-0.3, -0.25) is 0 Å². The largest absolute Gasteiger partial charge is 1.00 e. The Kier molecular flexibility index (Phi) is 5.02. The fourth-order valence-corrected chi connectivity index (χ4v) is 1.74. The molecule has 1 aromatic heterocycles. The quantitative estimate of drug-likeness (QED) is 0.552. The highest BCUT2D eigenvalue weighted by atomic mass is 127. The van der Waals surface area contributed by atoms with Crippen molar-refractivity contribution in [2.24, 2.45) is 0 Å². The molecule has 0 aliphatic rings. The van der Waals surface area contributed by atoms with Gasteiger partial charge < -0.3 is 24.0 Å². The summed E-state index contributed by atoms with van der Waals surface area (Å²) in [6.45, 7) is 3.35. The van der Waals surface area contributed by atoms with Crippen LogP contribution in [0.25, 0.3) is 10.9 Å². The minimum atomic E-state index is 0. The van der Waals surface area contributed by atoms with Crippen LogP contribution in [0.2, 0.25) is 0 Å². The average Bonchev–Trinajstić information content (AvgIpc) is 2.26. The van der Waals surface area contributed by atoms with Crippen LogP contribution in [0.5, 0.6) is 0 Å². The lowest BCUT2D eigenvalue weighted by molar-refractivity contribution is -0.671. The first-order valence-corrected chi connectivity index (χ1v) is 5.29. The third kappa shape index (κ3) is 2.91. The van der Waals surface area contributed by atoms with E-state index in [4.69, 9.17) is 0 Å². The molecule has 2 aromatic rings. The summed E-state index contributed by atoms with van der Waals surface area (Å²) in [5.41, 5.74) is 1.34. The SMILES string of the molecule is CCCC[n+]1cccc2ccccc21.[I-]. The maximum atomic E-state index is 2.33. The van der Waals surface area contributed by atoms with Gasteiger partial charge in [0.15, 0.2) is 6.20 Å². The first-order chi connectivity index (χ1) is 6.92. The van der Waals surface area contributed by atoms with Crippen molar-refractivity contribution >= 4 is 10.9 Å². The molecule has 0 N–H and O–H groups in total. The lowest BCUT2D eigenvalue weighted by atomic mass is 10.2. The highest BCUT2D eigenvalue weighted by Crippen LogP contribution is 2.07. The van der Waals surface area contributed by atoms with Crippen LogP contribution in [-0.2, 0) is 6.54 Å². The lowest BCUT2D eigenvalue weighted by Gasteiger charge is -1.99. The van der Waals surface area contributed by atoms with Crippen molar-refractivity contribution in [3.05, 3.63) is 42.6 Å². The van der Waals surface area contributed by atoms with Gasteiger partial charge in [-0.2, -0.15) is 4.57 Å². The van der Waals surface area contributed by atoms with Crippen molar-refractivity contribution in [2.45, 2.75) is 26.3 Å². The van der Waals surface area contributed by atoms with Crippen LogP contribution in [0, 0.1) is 0 Å². The van der Waals surface area contributed by atoms with Crippen LogP contribution < -0.4 is 28.5 Å². The molecule has 1 aromatic carbocycles. The Bertz CT molecular complexity index is 420. The third-order valence-corrected chi connectivity index (χ3v) is 2.54. The van der Waals surface area contributed by atoms with Gasteiger partial charge in [-0.1, -0.05) is 25.5 Å². The molecule has 80 valence electrons. The first-order valence-electron chi connectivity index (χ1n) is 5.29. The van der Waals surface area contributed by atoms with Gasteiger partial charge in [0.25, 0.3) is 0 Å². The summed E-state index contributed by atoms with van der Waals surface area (Å²) in [6.07, 6.45) is 4.66. The molecule has 1 nitrogen and oxygen atoms in total. The van der Waals surface area contributed by atoms with E-state index in [2.05, 4.69) is 54.1 Å². The monoisotopic (exact) mass is 313 g/mol. The number of pyridine rings is 1. The van der Waals surface area contributed by atoms with Crippen molar-refractivity contribution < 1.29 is 28.5 Å². The second-order valence-corrected chi connectivity index (χ2v) is 3.61. The van der Waals surface area contributed by atoms with E-state index in [0.29, 0.717) is 0 Å². The number of para-hydroxylation sites is 1. The maximum absolute atomic E-state index is 2.33. The summed E-state index contributed by atoms with van der Waals surface area (Å²) in [5, 5.41) is 1.33. The van der Waals surface area contributed by atoms with Crippen LogP contribution in [0.1, 0.15) is 19.8 Å². The topological polar surface area (TPSA) is 3.88 Å². The summed E-state index contributed by atoms with van der Waals surface area (Å²) in [5.74, 6) is 0. The van der Waals surface area contributed by atoms with Gasteiger partial charge in [0.2, 0.25) is 5.52 Å². The van der Waals surface area contributed by atoms with Crippen LogP contribution in [0.3, 0.4) is 0 Å². The van der Waals surface area contributed by atoms with Gasteiger partial charge in [0.05, 0.1) is 0 Å². The number of benzene rings is 1. The van der Waals surface area contributed by atoms with E-state index < -0.39 is 0 Å². The van der Waals surface area contributed by atoms with Crippen LogP contribution in [0.4, 0.5) is 0 Å². The average molecular weight is 313 g/mol. The van der Waals surface area contributed by atoms with Gasteiger partial charge in [0.1, 0.15) is 6.54 Å². The Labute approximate surface area is 108 Å². The minimum absolute atomic E-state index is 0. The van der Waals surface area contributed by atoms with Crippen LogP contribution in [0.15, 0.2) is 42.6 Å². The molecular weight excluding hydrogens is 297 g/mol. The van der Waals surface area contributed by atoms with Gasteiger partial charge in [-0.05, 0) is 12.1 Å². The fraction of sp³-hybridized carbons (Fsp3) is 0.308. The molecule has 2 rings (SSSR count). The second kappa shape index (κ2) is 6.05. The van der Waals surface area contributed by atoms with Crippen molar-refractivity contribution in [2.75, 3.05) is 0 Å². The molecule has 1 heterocycles. The van der Waals surface area contributed by atoms with E-state index in [-0.39, 0.29) is 24.0 Å². The number of rotatable bonds is 3. The summed E-state index contributed by atoms with van der Waals surface area (Å²) >= 11 is 0. The number of nitrogens with zero attached hydrogens (tertiary/aromatic N) is 1. The molecular formula is C13H16IN. The third-order valence-electron chi connectivity index (χ3n) is 2.54. The molecule has 15 heavy (non-hydrogen) atoms. The van der Waals surface area contributed by atoms with E-state index in [9.17, 15) is 0 Å². The van der Waals surface area contributed by atoms with E-state index >= 15 is 0 Å². The summed E-state index contributed by atoms with van der Waals surface area (Å²) in [4.78, 5) is 0. The van der Waals surface area contributed by atoms with Crippen LogP contribution in [-0.4, -0.2) is 0 Å². The molecule has 0 spiro atoms. The summed E-state index contributed by atoms with van der Waals surface area (Å²) < 4.78 is 2.33.